The molecule has 0 spiro atoms. The van der Waals surface area contributed by atoms with E-state index in [1.807, 2.05) is 6.92 Å². The maximum absolute atomic E-state index is 12.3. The van der Waals surface area contributed by atoms with Crippen LogP contribution in [0.4, 0.5) is 11.4 Å². The Balaban J connectivity index is 3.15. The molecule has 0 fully saturated rings. The van der Waals surface area contributed by atoms with Gasteiger partial charge in [0, 0.05) is 24.8 Å². The maximum Gasteiger partial charge on any atom is 0.282 e. The average Bonchev–Trinajstić information content (AvgIpc) is 2.37. The largest absolute Gasteiger partial charge is 0.399 e. The number of anilines is 1. The number of hydrogen-bond acceptors (Lipinski definition) is 5. The van der Waals surface area contributed by atoms with Gasteiger partial charge in [-0.25, -0.2) is 0 Å². The molecule has 0 atom stereocenters. The van der Waals surface area contributed by atoms with Gasteiger partial charge in [-0.3, -0.25) is 14.9 Å². The fraction of sp³-hybridized carbons (Fsp3) is 0.417. The lowest BCUT2D eigenvalue weighted by Crippen LogP contribution is -2.34. The molecule has 3 N–H and O–H groups in total. The summed E-state index contributed by atoms with van der Waals surface area (Å²) in [6.45, 7) is 2.25. The second-order valence-corrected chi connectivity index (χ2v) is 4.05. The Kier molecular flexibility index (Phi) is 5.25. The number of benzene rings is 1. The number of amides is 1. The summed E-state index contributed by atoms with van der Waals surface area (Å²) >= 11 is 0. The van der Waals surface area contributed by atoms with Gasteiger partial charge in [0.2, 0.25) is 0 Å². The van der Waals surface area contributed by atoms with E-state index >= 15 is 0 Å². The highest BCUT2D eigenvalue weighted by Gasteiger charge is 2.24. The Labute approximate surface area is 110 Å². The summed E-state index contributed by atoms with van der Waals surface area (Å²) in [5.41, 5.74) is 5.53. The molecule has 0 aliphatic heterocycles. The summed E-state index contributed by atoms with van der Waals surface area (Å²) in [6.07, 6.45) is 0.696. The molecular weight excluding hydrogens is 250 g/mol. The van der Waals surface area contributed by atoms with E-state index in [4.69, 9.17) is 10.8 Å². The van der Waals surface area contributed by atoms with Crippen LogP contribution in [0, 0.1) is 10.1 Å². The fourth-order valence-corrected chi connectivity index (χ4v) is 1.76. The number of nitrogens with two attached hydrogens (primary N) is 1. The summed E-state index contributed by atoms with van der Waals surface area (Å²) in [5, 5.41) is 19.9. The molecule has 104 valence electrons. The van der Waals surface area contributed by atoms with Gasteiger partial charge in [0.15, 0.2) is 0 Å². The standard InChI is InChI=1S/C12H17N3O4/c1-2-5-14(6-7-16)12(17)10-8-9(13)3-4-11(10)15(18)19/h3-4,8,16H,2,5-7,13H2,1H3. The summed E-state index contributed by atoms with van der Waals surface area (Å²) < 4.78 is 0. The summed E-state index contributed by atoms with van der Waals surface area (Å²) in [5.74, 6) is -0.491. The van der Waals surface area contributed by atoms with Crippen molar-refractivity contribution in [1.82, 2.24) is 4.90 Å². The molecule has 1 amide bonds. The van der Waals surface area contributed by atoms with Crippen LogP contribution >= 0.6 is 0 Å². The van der Waals surface area contributed by atoms with Crippen molar-refractivity contribution in [3.63, 3.8) is 0 Å². The zero-order valence-corrected chi connectivity index (χ0v) is 10.7. The molecule has 1 rings (SSSR count). The van der Waals surface area contributed by atoms with Gasteiger partial charge < -0.3 is 15.7 Å². The molecule has 19 heavy (non-hydrogen) atoms. The van der Waals surface area contributed by atoms with Gasteiger partial charge in [-0.15, -0.1) is 0 Å². The third-order valence-electron chi connectivity index (χ3n) is 2.60. The molecule has 7 heteroatoms. The van der Waals surface area contributed by atoms with Gasteiger partial charge in [0.05, 0.1) is 11.5 Å². The lowest BCUT2D eigenvalue weighted by molar-refractivity contribution is -0.385. The molecule has 0 aliphatic rings. The van der Waals surface area contributed by atoms with Gasteiger partial charge in [0.1, 0.15) is 5.56 Å². The van der Waals surface area contributed by atoms with Crippen molar-refractivity contribution in [3.8, 4) is 0 Å². The second kappa shape index (κ2) is 6.69. The first kappa shape index (κ1) is 14.9. The Bertz CT molecular complexity index is 470. The lowest BCUT2D eigenvalue weighted by atomic mass is 10.1. The molecule has 1 aromatic rings. The van der Waals surface area contributed by atoms with Crippen LogP contribution < -0.4 is 5.73 Å². The van der Waals surface area contributed by atoms with Crippen LogP contribution in [0.2, 0.25) is 0 Å². The highest BCUT2D eigenvalue weighted by Crippen LogP contribution is 2.22. The minimum absolute atomic E-state index is 0.0492. The third-order valence-corrected chi connectivity index (χ3v) is 2.60. The summed E-state index contributed by atoms with van der Waals surface area (Å²) in [6, 6.07) is 3.89. The minimum Gasteiger partial charge on any atom is -0.399 e. The molecule has 0 heterocycles. The topological polar surface area (TPSA) is 110 Å². The van der Waals surface area contributed by atoms with Gasteiger partial charge in [0.25, 0.3) is 11.6 Å². The van der Waals surface area contributed by atoms with Crippen molar-refractivity contribution < 1.29 is 14.8 Å². The van der Waals surface area contributed by atoms with E-state index in [9.17, 15) is 14.9 Å². The highest BCUT2D eigenvalue weighted by atomic mass is 16.6. The number of nitrogens with zero attached hydrogens (tertiary/aromatic N) is 2. The fourth-order valence-electron chi connectivity index (χ4n) is 1.76. The first-order chi connectivity index (χ1) is 9.01. The van der Waals surface area contributed by atoms with Crippen molar-refractivity contribution in [2.75, 3.05) is 25.4 Å². The Morgan fingerprint density at radius 3 is 2.68 bits per heavy atom. The minimum atomic E-state index is -0.615. The van der Waals surface area contributed by atoms with Gasteiger partial charge in [-0.2, -0.15) is 0 Å². The summed E-state index contributed by atoms with van der Waals surface area (Å²) in [7, 11) is 0. The van der Waals surface area contributed by atoms with Crippen molar-refractivity contribution in [1.29, 1.82) is 0 Å². The molecule has 0 unspecified atom stereocenters. The first-order valence-corrected chi connectivity index (χ1v) is 5.95. The van der Waals surface area contributed by atoms with E-state index in [1.54, 1.807) is 0 Å². The van der Waals surface area contributed by atoms with Crippen LogP contribution in [0.25, 0.3) is 0 Å². The first-order valence-electron chi connectivity index (χ1n) is 5.95. The third kappa shape index (κ3) is 3.65. The quantitative estimate of drug-likeness (QED) is 0.454. The summed E-state index contributed by atoms with van der Waals surface area (Å²) in [4.78, 5) is 23.9. The smallest absolute Gasteiger partial charge is 0.282 e. The lowest BCUT2D eigenvalue weighted by Gasteiger charge is -2.21. The molecule has 0 radical (unpaired) electrons. The molecule has 0 bridgehead atoms. The molecule has 0 saturated carbocycles. The molecule has 0 saturated heterocycles. The predicted molar refractivity (Wildman–Crippen MR) is 70.8 cm³/mol. The zero-order valence-electron chi connectivity index (χ0n) is 10.7. The van der Waals surface area contributed by atoms with Crippen LogP contribution in [-0.2, 0) is 0 Å². The van der Waals surface area contributed by atoms with E-state index in [-0.39, 0.29) is 30.1 Å². The van der Waals surface area contributed by atoms with Crippen LogP contribution in [0.1, 0.15) is 23.7 Å². The molecular formula is C12H17N3O4. The van der Waals surface area contributed by atoms with E-state index in [0.29, 0.717) is 13.0 Å². The number of rotatable bonds is 6. The van der Waals surface area contributed by atoms with E-state index in [1.165, 1.54) is 23.1 Å². The number of carbonyl (C=O) groups is 1. The van der Waals surface area contributed by atoms with Crippen molar-refractivity contribution >= 4 is 17.3 Å². The van der Waals surface area contributed by atoms with Crippen LogP contribution in [0.3, 0.4) is 0 Å². The predicted octanol–water partition coefficient (Wildman–Crippen LogP) is 1.02. The second-order valence-electron chi connectivity index (χ2n) is 4.05. The molecule has 0 aromatic heterocycles. The van der Waals surface area contributed by atoms with Crippen molar-refractivity contribution in [3.05, 3.63) is 33.9 Å². The number of nitro benzene ring substituents is 1. The van der Waals surface area contributed by atoms with E-state index in [2.05, 4.69) is 0 Å². The number of aliphatic hydroxyl groups is 1. The van der Waals surface area contributed by atoms with Gasteiger partial charge in [-0.05, 0) is 18.6 Å². The van der Waals surface area contributed by atoms with Crippen LogP contribution in [-0.4, -0.2) is 40.5 Å². The number of nitro groups is 1. The Morgan fingerprint density at radius 1 is 1.47 bits per heavy atom. The maximum atomic E-state index is 12.3. The highest BCUT2D eigenvalue weighted by molar-refractivity contribution is 5.99. The number of nitrogen functional groups attached to an aromatic ring is 1. The van der Waals surface area contributed by atoms with Gasteiger partial charge >= 0.3 is 0 Å². The molecule has 0 aliphatic carbocycles. The number of carbonyl (C=O) groups excluding carboxylic acids is 1. The van der Waals surface area contributed by atoms with Gasteiger partial charge in [-0.1, -0.05) is 6.92 Å². The monoisotopic (exact) mass is 267 g/mol. The van der Waals surface area contributed by atoms with E-state index in [0.717, 1.165) is 0 Å². The molecule has 1 aromatic carbocycles. The SMILES string of the molecule is CCCN(CCO)C(=O)c1cc(N)ccc1[N+](=O)[O-]. The van der Waals surface area contributed by atoms with E-state index < -0.39 is 10.8 Å². The van der Waals surface area contributed by atoms with Crippen LogP contribution in [0.5, 0.6) is 0 Å². The van der Waals surface area contributed by atoms with Crippen molar-refractivity contribution in [2.24, 2.45) is 0 Å². The van der Waals surface area contributed by atoms with Crippen molar-refractivity contribution in [2.45, 2.75) is 13.3 Å². The molecule has 7 nitrogen and oxygen atoms in total. The van der Waals surface area contributed by atoms with Crippen LogP contribution in [0.15, 0.2) is 18.2 Å². The number of hydrogen-bond donors (Lipinski definition) is 2. The average molecular weight is 267 g/mol. The zero-order chi connectivity index (χ0) is 14.4. The Morgan fingerprint density at radius 2 is 2.16 bits per heavy atom. The normalized spacial score (nSPS) is 10.2. The number of aliphatic hydroxyl groups excluding tert-OH is 1. The Hall–Kier alpha value is -2.15.